The third-order valence-corrected chi connectivity index (χ3v) is 2.97. The molecule has 1 aliphatic rings. The number of amides is 1. The number of rotatable bonds is 2. The number of aromatic nitrogens is 1. The lowest BCUT2D eigenvalue weighted by atomic mass is 10.2. The van der Waals surface area contributed by atoms with Crippen LogP contribution in [0.25, 0.3) is 0 Å². The molecule has 3 rings (SSSR count). The van der Waals surface area contributed by atoms with Gasteiger partial charge in [-0.25, -0.2) is 4.79 Å². The second-order valence-electron chi connectivity index (χ2n) is 4.86. The number of benzene rings is 1. The third kappa shape index (κ3) is 5.36. The van der Waals surface area contributed by atoms with Gasteiger partial charge in [-0.1, -0.05) is 0 Å². The van der Waals surface area contributed by atoms with Gasteiger partial charge in [-0.15, -0.1) is 0 Å². The zero-order valence-electron chi connectivity index (χ0n) is 13.1. The van der Waals surface area contributed by atoms with Gasteiger partial charge in [0.25, 0.3) is 5.91 Å². The Hall–Kier alpha value is -3.30. The Bertz CT molecular complexity index is 781. The monoisotopic (exact) mass is 370 g/mol. The van der Waals surface area contributed by atoms with Gasteiger partial charge in [-0.2, -0.15) is 13.2 Å². The van der Waals surface area contributed by atoms with Crippen LogP contribution in [-0.2, 0) is 4.79 Å². The maximum Gasteiger partial charge on any atom is 0.490 e. The number of nitrogens with zero attached hydrogens (tertiary/aromatic N) is 1. The number of hydrogen-bond donors (Lipinski definition) is 2. The summed E-state index contributed by atoms with van der Waals surface area (Å²) >= 11 is 0. The molecule has 1 aromatic heterocycles. The molecule has 0 spiro atoms. The van der Waals surface area contributed by atoms with E-state index in [0.29, 0.717) is 36.0 Å². The molecule has 0 bridgehead atoms. The summed E-state index contributed by atoms with van der Waals surface area (Å²) in [7, 11) is 0. The molecule has 2 heterocycles. The minimum absolute atomic E-state index is 0.204. The van der Waals surface area contributed by atoms with Crippen LogP contribution < -0.4 is 14.8 Å². The third-order valence-electron chi connectivity index (χ3n) is 2.97. The van der Waals surface area contributed by atoms with Gasteiger partial charge in [0.15, 0.2) is 11.5 Å². The SMILES string of the molecule is O=C(Nc1cccnc1)c1ccc2c(c1)OCCO2.O=C(O)C(F)(F)F. The number of carbonyl (C=O) groups is 2. The topological polar surface area (TPSA) is 97.8 Å². The highest BCUT2D eigenvalue weighted by Gasteiger charge is 2.38. The Labute approximate surface area is 145 Å². The minimum atomic E-state index is -5.08. The molecule has 2 aromatic rings. The first-order chi connectivity index (χ1) is 12.3. The Morgan fingerprint density at radius 2 is 1.77 bits per heavy atom. The van der Waals surface area contributed by atoms with Crippen molar-refractivity contribution >= 4 is 17.6 Å². The number of fused-ring (bicyclic) bond motifs is 1. The number of carbonyl (C=O) groups excluding carboxylic acids is 1. The number of pyridine rings is 1. The first kappa shape index (κ1) is 19.0. The molecule has 1 amide bonds. The highest BCUT2D eigenvalue weighted by Crippen LogP contribution is 2.30. The fourth-order valence-corrected chi connectivity index (χ4v) is 1.82. The molecule has 0 fully saturated rings. The van der Waals surface area contributed by atoms with E-state index in [1.54, 1.807) is 42.7 Å². The first-order valence-corrected chi connectivity index (χ1v) is 7.18. The molecule has 10 heteroatoms. The minimum Gasteiger partial charge on any atom is -0.486 e. The van der Waals surface area contributed by atoms with Crippen LogP contribution in [0, 0.1) is 0 Å². The second-order valence-corrected chi connectivity index (χ2v) is 4.86. The Balaban J connectivity index is 0.000000298. The van der Waals surface area contributed by atoms with Gasteiger partial charge in [0, 0.05) is 11.8 Å². The summed E-state index contributed by atoms with van der Waals surface area (Å²) in [4.78, 5) is 24.9. The van der Waals surface area contributed by atoms with E-state index in [-0.39, 0.29) is 5.91 Å². The molecule has 2 N–H and O–H groups in total. The van der Waals surface area contributed by atoms with Gasteiger partial charge >= 0.3 is 12.1 Å². The van der Waals surface area contributed by atoms with Crippen molar-refractivity contribution in [1.29, 1.82) is 0 Å². The number of ether oxygens (including phenoxy) is 2. The van der Waals surface area contributed by atoms with Gasteiger partial charge in [-0.3, -0.25) is 9.78 Å². The van der Waals surface area contributed by atoms with E-state index in [1.165, 1.54) is 0 Å². The average Bonchev–Trinajstić information content (AvgIpc) is 2.62. The zero-order valence-corrected chi connectivity index (χ0v) is 13.1. The summed E-state index contributed by atoms with van der Waals surface area (Å²) in [5, 5.41) is 9.89. The second kappa shape index (κ2) is 8.19. The number of halogens is 3. The van der Waals surface area contributed by atoms with E-state index < -0.39 is 12.1 Å². The lowest BCUT2D eigenvalue weighted by Crippen LogP contribution is -2.21. The summed E-state index contributed by atoms with van der Waals surface area (Å²) in [6.07, 6.45) is -1.84. The molecule has 138 valence electrons. The van der Waals surface area contributed by atoms with Gasteiger partial charge in [-0.05, 0) is 30.3 Å². The Morgan fingerprint density at radius 3 is 2.35 bits per heavy atom. The van der Waals surface area contributed by atoms with Crippen LogP contribution in [-0.4, -0.2) is 41.4 Å². The fourth-order valence-electron chi connectivity index (χ4n) is 1.82. The van der Waals surface area contributed by atoms with Crippen LogP contribution in [0.1, 0.15) is 10.4 Å². The van der Waals surface area contributed by atoms with Crippen LogP contribution in [0.5, 0.6) is 11.5 Å². The van der Waals surface area contributed by atoms with Crippen LogP contribution in [0.2, 0.25) is 0 Å². The van der Waals surface area contributed by atoms with Crippen molar-refractivity contribution in [3.8, 4) is 11.5 Å². The fraction of sp³-hybridized carbons (Fsp3) is 0.188. The summed E-state index contributed by atoms with van der Waals surface area (Å²) < 4.78 is 42.6. The molecule has 7 nitrogen and oxygen atoms in total. The van der Waals surface area contributed by atoms with Crippen molar-refractivity contribution in [1.82, 2.24) is 4.98 Å². The number of alkyl halides is 3. The van der Waals surface area contributed by atoms with Crippen LogP contribution in [0.15, 0.2) is 42.7 Å². The van der Waals surface area contributed by atoms with Crippen LogP contribution in [0.4, 0.5) is 18.9 Å². The molecular formula is C16H13F3N2O5. The number of nitrogens with one attached hydrogen (secondary N) is 1. The largest absolute Gasteiger partial charge is 0.490 e. The molecule has 0 saturated heterocycles. The normalized spacial score (nSPS) is 12.4. The molecule has 0 atom stereocenters. The number of anilines is 1. The highest BCUT2D eigenvalue weighted by molar-refractivity contribution is 6.04. The molecule has 0 saturated carbocycles. The van der Waals surface area contributed by atoms with Crippen molar-refractivity contribution in [2.24, 2.45) is 0 Å². The average molecular weight is 370 g/mol. The maximum absolute atomic E-state index is 12.1. The lowest BCUT2D eigenvalue weighted by Gasteiger charge is -2.18. The highest BCUT2D eigenvalue weighted by atomic mass is 19.4. The molecule has 1 aliphatic heterocycles. The molecule has 0 unspecified atom stereocenters. The van der Waals surface area contributed by atoms with E-state index in [9.17, 15) is 18.0 Å². The summed E-state index contributed by atoms with van der Waals surface area (Å²) in [5.41, 5.74) is 1.18. The van der Waals surface area contributed by atoms with Crippen molar-refractivity contribution in [3.05, 3.63) is 48.3 Å². The van der Waals surface area contributed by atoms with Gasteiger partial charge in [0.05, 0.1) is 11.9 Å². The number of hydrogen-bond acceptors (Lipinski definition) is 5. The predicted molar refractivity (Wildman–Crippen MR) is 83.3 cm³/mol. The van der Waals surface area contributed by atoms with Crippen molar-refractivity contribution in [2.75, 3.05) is 18.5 Å². The molecule has 0 radical (unpaired) electrons. The predicted octanol–water partition coefficient (Wildman–Crippen LogP) is 2.74. The quantitative estimate of drug-likeness (QED) is 0.844. The molecule has 26 heavy (non-hydrogen) atoms. The van der Waals surface area contributed by atoms with Crippen molar-refractivity contribution in [2.45, 2.75) is 6.18 Å². The van der Waals surface area contributed by atoms with Gasteiger partial charge in [0.2, 0.25) is 0 Å². The Kier molecular flexibility index (Phi) is 5.99. The maximum atomic E-state index is 12.1. The van der Waals surface area contributed by atoms with Crippen molar-refractivity contribution < 1.29 is 37.3 Å². The van der Waals surface area contributed by atoms with Crippen molar-refractivity contribution in [3.63, 3.8) is 0 Å². The van der Waals surface area contributed by atoms with Crippen LogP contribution >= 0.6 is 0 Å². The lowest BCUT2D eigenvalue weighted by molar-refractivity contribution is -0.192. The van der Waals surface area contributed by atoms with E-state index in [0.717, 1.165) is 0 Å². The summed E-state index contributed by atoms with van der Waals surface area (Å²) in [5.74, 6) is -1.69. The summed E-state index contributed by atoms with van der Waals surface area (Å²) in [6, 6.07) is 8.68. The Morgan fingerprint density at radius 1 is 1.12 bits per heavy atom. The standard InChI is InChI=1S/C14H12N2O3.C2HF3O2/c17-14(16-11-2-1-5-15-9-11)10-3-4-12-13(8-10)19-7-6-18-12;3-2(4,5)1(6)7/h1-5,8-9H,6-7H2,(H,16,17);(H,6,7). The van der Waals surface area contributed by atoms with Gasteiger partial charge in [0.1, 0.15) is 13.2 Å². The number of aliphatic carboxylic acids is 1. The summed E-state index contributed by atoms with van der Waals surface area (Å²) in [6.45, 7) is 1.04. The first-order valence-electron chi connectivity index (χ1n) is 7.18. The molecular weight excluding hydrogens is 357 g/mol. The molecule has 0 aliphatic carbocycles. The molecule has 1 aromatic carbocycles. The van der Waals surface area contributed by atoms with E-state index in [1.807, 2.05) is 0 Å². The number of carboxylic acid groups (broad SMARTS) is 1. The smallest absolute Gasteiger partial charge is 0.486 e. The van der Waals surface area contributed by atoms with Gasteiger partial charge < -0.3 is 19.9 Å². The number of carboxylic acids is 1. The van der Waals surface area contributed by atoms with E-state index in [4.69, 9.17) is 19.4 Å². The van der Waals surface area contributed by atoms with Crippen LogP contribution in [0.3, 0.4) is 0 Å². The zero-order chi connectivity index (χ0) is 19.2. The van der Waals surface area contributed by atoms with E-state index >= 15 is 0 Å². The van der Waals surface area contributed by atoms with E-state index in [2.05, 4.69) is 10.3 Å².